The summed E-state index contributed by atoms with van der Waals surface area (Å²) in [6, 6.07) is 3.12. The summed E-state index contributed by atoms with van der Waals surface area (Å²) in [6.07, 6.45) is 0. The molecule has 0 bridgehead atoms. The second-order valence-electron chi connectivity index (χ2n) is 3.64. The number of hydrogen-bond donors (Lipinski definition) is 2. The largest absolute Gasteiger partial charge is 0.496 e. The van der Waals surface area contributed by atoms with E-state index in [1.54, 1.807) is 19.2 Å². The van der Waals surface area contributed by atoms with Crippen LogP contribution < -0.4 is 10.5 Å². The first-order chi connectivity index (χ1) is 6.97. The number of aromatic carboxylic acids is 1. The molecule has 0 spiro atoms. The first-order valence-corrected chi connectivity index (χ1v) is 4.68. The van der Waals surface area contributed by atoms with E-state index in [-0.39, 0.29) is 17.2 Å². The van der Waals surface area contributed by atoms with Crippen molar-refractivity contribution in [1.82, 2.24) is 0 Å². The lowest BCUT2D eigenvalue weighted by Crippen LogP contribution is -2.05. The molecular formula is C11H15NO3. The highest BCUT2D eigenvalue weighted by atomic mass is 16.5. The molecule has 1 rings (SSSR count). The van der Waals surface area contributed by atoms with Crippen molar-refractivity contribution in [2.45, 2.75) is 19.8 Å². The van der Waals surface area contributed by atoms with Gasteiger partial charge in [-0.15, -0.1) is 0 Å². The summed E-state index contributed by atoms with van der Waals surface area (Å²) in [5, 5.41) is 8.91. The molecule has 0 aliphatic rings. The highest BCUT2D eigenvalue weighted by molar-refractivity contribution is 5.94. The Hall–Kier alpha value is -1.71. The van der Waals surface area contributed by atoms with Crippen LogP contribution in [0.2, 0.25) is 0 Å². The SMILES string of the molecule is COc1cc(N)c(C(=O)O)cc1C(C)C. The van der Waals surface area contributed by atoms with Gasteiger partial charge in [0.15, 0.2) is 0 Å². The number of rotatable bonds is 3. The van der Waals surface area contributed by atoms with E-state index in [0.717, 1.165) is 5.56 Å². The lowest BCUT2D eigenvalue weighted by atomic mass is 9.98. The minimum atomic E-state index is -1.02. The summed E-state index contributed by atoms with van der Waals surface area (Å²) < 4.78 is 5.15. The summed E-state index contributed by atoms with van der Waals surface area (Å²) in [5.74, 6) is -0.191. The van der Waals surface area contributed by atoms with Crippen molar-refractivity contribution in [3.63, 3.8) is 0 Å². The molecule has 1 aromatic carbocycles. The zero-order valence-corrected chi connectivity index (χ0v) is 9.07. The molecule has 0 heterocycles. The third-order valence-electron chi connectivity index (χ3n) is 2.25. The number of ether oxygens (including phenoxy) is 1. The van der Waals surface area contributed by atoms with E-state index in [4.69, 9.17) is 15.6 Å². The van der Waals surface area contributed by atoms with Crippen LogP contribution in [0.25, 0.3) is 0 Å². The van der Waals surface area contributed by atoms with Crippen LogP contribution in [0.15, 0.2) is 12.1 Å². The third kappa shape index (κ3) is 2.21. The van der Waals surface area contributed by atoms with Crippen LogP contribution in [0.4, 0.5) is 5.69 Å². The summed E-state index contributed by atoms with van der Waals surface area (Å²) in [4.78, 5) is 10.9. The molecule has 3 N–H and O–H groups in total. The number of methoxy groups -OCH3 is 1. The molecule has 0 saturated heterocycles. The number of hydrogen-bond acceptors (Lipinski definition) is 3. The van der Waals surface area contributed by atoms with Gasteiger partial charge < -0.3 is 15.6 Å². The Balaban J connectivity index is 3.37. The number of carboxylic acid groups (broad SMARTS) is 1. The van der Waals surface area contributed by atoms with Crippen LogP contribution in [0.1, 0.15) is 35.7 Å². The quantitative estimate of drug-likeness (QED) is 0.748. The molecule has 0 aromatic heterocycles. The number of benzene rings is 1. The lowest BCUT2D eigenvalue weighted by Gasteiger charge is -2.14. The average Bonchev–Trinajstić information content (AvgIpc) is 2.16. The summed E-state index contributed by atoms with van der Waals surface area (Å²) >= 11 is 0. The van der Waals surface area contributed by atoms with E-state index < -0.39 is 5.97 Å². The molecule has 0 atom stereocenters. The summed E-state index contributed by atoms with van der Waals surface area (Å²) in [6.45, 7) is 3.94. The van der Waals surface area contributed by atoms with Crippen molar-refractivity contribution in [1.29, 1.82) is 0 Å². The number of carboxylic acids is 1. The average molecular weight is 209 g/mol. The fourth-order valence-electron chi connectivity index (χ4n) is 1.43. The van der Waals surface area contributed by atoms with Gasteiger partial charge in [-0.2, -0.15) is 0 Å². The summed E-state index contributed by atoms with van der Waals surface area (Å²) in [5.41, 5.74) is 6.81. The fraction of sp³-hybridized carbons (Fsp3) is 0.364. The summed E-state index contributed by atoms with van der Waals surface area (Å²) in [7, 11) is 1.54. The fourth-order valence-corrected chi connectivity index (χ4v) is 1.43. The predicted octanol–water partition coefficient (Wildman–Crippen LogP) is 2.10. The minimum Gasteiger partial charge on any atom is -0.496 e. The highest BCUT2D eigenvalue weighted by Gasteiger charge is 2.15. The molecule has 0 amide bonds. The van der Waals surface area contributed by atoms with Crippen LogP contribution in [-0.4, -0.2) is 18.2 Å². The van der Waals surface area contributed by atoms with Gasteiger partial charge in [-0.05, 0) is 17.5 Å². The topological polar surface area (TPSA) is 72.5 Å². The predicted molar refractivity (Wildman–Crippen MR) is 58.5 cm³/mol. The van der Waals surface area contributed by atoms with Gasteiger partial charge in [-0.1, -0.05) is 13.8 Å². The van der Waals surface area contributed by atoms with E-state index in [2.05, 4.69) is 0 Å². The second kappa shape index (κ2) is 4.21. The normalized spacial score (nSPS) is 10.4. The van der Waals surface area contributed by atoms with Gasteiger partial charge >= 0.3 is 5.97 Å². The molecule has 1 aromatic rings. The Bertz CT molecular complexity index is 386. The van der Waals surface area contributed by atoms with Gasteiger partial charge in [-0.3, -0.25) is 0 Å². The maximum Gasteiger partial charge on any atom is 0.337 e. The second-order valence-corrected chi connectivity index (χ2v) is 3.64. The first kappa shape index (κ1) is 11.4. The zero-order valence-electron chi connectivity index (χ0n) is 9.07. The lowest BCUT2D eigenvalue weighted by molar-refractivity contribution is 0.0698. The van der Waals surface area contributed by atoms with Gasteiger partial charge in [0.05, 0.1) is 12.7 Å². The van der Waals surface area contributed by atoms with Gasteiger partial charge in [0, 0.05) is 11.8 Å². The molecule has 4 heteroatoms. The molecule has 82 valence electrons. The first-order valence-electron chi connectivity index (χ1n) is 4.68. The molecule has 0 radical (unpaired) electrons. The van der Waals surface area contributed by atoms with Crippen LogP contribution in [0, 0.1) is 0 Å². The van der Waals surface area contributed by atoms with E-state index in [9.17, 15) is 4.79 Å². The van der Waals surface area contributed by atoms with E-state index in [0.29, 0.717) is 5.75 Å². The minimum absolute atomic E-state index is 0.125. The van der Waals surface area contributed by atoms with E-state index in [1.807, 2.05) is 13.8 Å². The molecule has 0 aliphatic heterocycles. The molecule has 0 saturated carbocycles. The van der Waals surface area contributed by atoms with Gasteiger partial charge in [0.1, 0.15) is 5.75 Å². The van der Waals surface area contributed by atoms with Gasteiger partial charge in [-0.25, -0.2) is 4.79 Å². The smallest absolute Gasteiger partial charge is 0.337 e. The van der Waals surface area contributed by atoms with Crippen LogP contribution in [-0.2, 0) is 0 Å². The van der Waals surface area contributed by atoms with Crippen molar-refractivity contribution in [3.05, 3.63) is 23.3 Å². The number of carbonyl (C=O) groups is 1. The number of anilines is 1. The molecule has 0 fully saturated rings. The van der Waals surface area contributed by atoms with Gasteiger partial charge in [0.2, 0.25) is 0 Å². The number of nitrogens with two attached hydrogens (primary N) is 1. The Morgan fingerprint density at radius 3 is 2.47 bits per heavy atom. The van der Waals surface area contributed by atoms with Crippen LogP contribution in [0.5, 0.6) is 5.75 Å². The maximum atomic E-state index is 10.9. The number of nitrogen functional groups attached to an aromatic ring is 1. The third-order valence-corrected chi connectivity index (χ3v) is 2.25. The Morgan fingerprint density at radius 2 is 2.07 bits per heavy atom. The standard InChI is InChI=1S/C11H15NO3/c1-6(2)7-4-8(11(13)14)9(12)5-10(7)15-3/h4-6H,12H2,1-3H3,(H,13,14). The van der Waals surface area contributed by atoms with Crippen molar-refractivity contribution in [2.75, 3.05) is 12.8 Å². The van der Waals surface area contributed by atoms with Crippen LogP contribution in [0.3, 0.4) is 0 Å². The van der Waals surface area contributed by atoms with Crippen molar-refractivity contribution >= 4 is 11.7 Å². The zero-order chi connectivity index (χ0) is 11.6. The maximum absolute atomic E-state index is 10.9. The van der Waals surface area contributed by atoms with Crippen LogP contribution >= 0.6 is 0 Å². The Labute approximate surface area is 88.7 Å². The van der Waals surface area contributed by atoms with Gasteiger partial charge in [0.25, 0.3) is 0 Å². The van der Waals surface area contributed by atoms with E-state index >= 15 is 0 Å². The Morgan fingerprint density at radius 1 is 1.47 bits per heavy atom. The molecular weight excluding hydrogens is 194 g/mol. The Kier molecular flexibility index (Phi) is 3.19. The van der Waals surface area contributed by atoms with E-state index in [1.165, 1.54) is 0 Å². The molecule has 0 unspecified atom stereocenters. The van der Waals surface area contributed by atoms with Crippen molar-refractivity contribution in [3.8, 4) is 5.75 Å². The monoisotopic (exact) mass is 209 g/mol. The molecule has 4 nitrogen and oxygen atoms in total. The highest BCUT2D eigenvalue weighted by Crippen LogP contribution is 2.30. The molecule has 0 aliphatic carbocycles. The van der Waals surface area contributed by atoms with Crippen molar-refractivity contribution < 1.29 is 14.6 Å². The molecule has 15 heavy (non-hydrogen) atoms. The van der Waals surface area contributed by atoms with Crippen molar-refractivity contribution in [2.24, 2.45) is 0 Å².